The van der Waals surface area contributed by atoms with Crippen LogP contribution in [0.4, 0.5) is 0 Å². The molecule has 0 aliphatic rings. The summed E-state index contributed by atoms with van der Waals surface area (Å²) in [4.78, 5) is 15.0. The zero-order valence-electron chi connectivity index (χ0n) is 11.4. The lowest BCUT2D eigenvalue weighted by Crippen LogP contribution is -2.20. The molecule has 0 unspecified atom stereocenters. The van der Waals surface area contributed by atoms with Crippen LogP contribution in [-0.2, 0) is 9.53 Å². The summed E-state index contributed by atoms with van der Waals surface area (Å²) in [5, 5.41) is 0. The van der Waals surface area contributed by atoms with Crippen LogP contribution < -0.4 is 0 Å². The second kappa shape index (κ2) is 6.98. The van der Waals surface area contributed by atoms with Crippen molar-refractivity contribution < 1.29 is 14.3 Å². The smallest absolute Gasteiger partial charge is 0.422 e. The van der Waals surface area contributed by atoms with Crippen molar-refractivity contribution in [3.63, 3.8) is 0 Å². The Balaban J connectivity index is 2.02. The van der Waals surface area contributed by atoms with E-state index in [4.69, 9.17) is 10.3 Å². The number of rotatable bonds is 5. The van der Waals surface area contributed by atoms with Gasteiger partial charge in [-0.3, -0.25) is 0 Å². The van der Waals surface area contributed by atoms with Gasteiger partial charge in [-0.25, -0.2) is 4.79 Å². The lowest BCUT2D eigenvalue weighted by Gasteiger charge is -2.06. The third-order valence-electron chi connectivity index (χ3n) is 2.90. The Labute approximate surface area is 122 Å². The highest BCUT2D eigenvalue weighted by molar-refractivity contribution is 6.40. The molecule has 0 saturated carbocycles. The molecular formula is C17H14N2O2. The Morgan fingerprint density at radius 2 is 1.52 bits per heavy atom. The van der Waals surface area contributed by atoms with Crippen LogP contribution >= 0.6 is 0 Å². The van der Waals surface area contributed by atoms with Crippen LogP contribution in [0.2, 0.25) is 0 Å². The van der Waals surface area contributed by atoms with Gasteiger partial charge in [-0.15, -0.1) is 0 Å². The second-order valence-electron chi connectivity index (χ2n) is 4.36. The van der Waals surface area contributed by atoms with E-state index in [-0.39, 0.29) is 12.3 Å². The predicted molar refractivity (Wildman–Crippen MR) is 80.6 cm³/mol. The molecule has 2 rings (SSSR count). The lowest BCUT2D eigenvalue weighted by atomic mass is 10.1. The fourth-order valence-electron chi connectivity index (χ4n) is 1.79. The third kappa shape index (κ3) is 3.75. The molecule has 0 atom stereocenters. The topological polar surface area (TPSA) is 62.7 Å². The molecule has 0 aliphatic heterocycles. The molecule has 2 aromatic carbocycles. The van der Waals surface area contributed by atoms with E-state index in [9.17, 15) is 4.79 Å². The lowest BCUT2D eigenvalue weighted by molar-refractivity contribution is -0.138. The Kier molecular flexibility index (Phi) is 4.80. The third-order valence-corrected chi connectivity index (χ3v) is 2.90. The van der Waals surface area contributed by atoms with Crippen molar-refractivity contribution in [2.24, 2.45) is 0 Å². The fraction of sp³-hybridized carbons (Fsp3) is 0.0588. The molecule has 0 heterocycles. The maximum Gasteiger partial charge on any atom is 0.422 e. The van der Waals surface area contributed by atoms with E-state index in [0.717, 1.165) is 5.56 Å². The molecule has 4 heteroatoms. The fourth-order valence-corrected chi connectivity index (χ4v) is 1.79. The highest BCUT2D eigenvalue weighted by atomic mass is 16.5. The maximum absolute atomic E-state index is 12.0. The summed E-state index contributed by atoms with van der Waals surface area (Å²) < 4.78 is 5.14. The standard InChI is InChI=1S/C17H14N2O2/c1-13(14-8-4-2-5-9-14)12-21-17(20)16(19-18)15-10-6-3-7-11-15/h2-11H,1,12H2. The number of esters is 1. The molecule has 0 aliphatic carbocycles. The van der Waals surface area contributed by atoms with E-state index >= 15 is 0 Å². The van der Waals surface area contributed by atoms with Gasteiger partial charge in [0.2, 0.25) is 0 Å². The molecule has 0 amide bonds. The van der Waals surface area contributed by atoms with E-state index < -0.39 is 5.97 Å². The Morgan fingerprint density at radius 1 is 1.00 bits per heavy atom. The van der Waals surface area contributed by atoms with Crippen molar-refractivity contribution in [3.05, 3.63) is 83.9 Å². The van der Waals surface area contributed by atoms with Crippen molar-refractivity contribution in [2.75, 3.05) is 6.61 Å². The predicted octanol–water partition coefficient (Wildman–Crippen LogP) is 2.96. The van der Waals surface area contributed by atoms with Crippen molar-refractivity contribution in [1.29, 1.82) is 0 Å². The summed E-state index contributed by atoms with van der Waals surface area (Å²) in [6.07, 6.45) is 0. The van der Waals surface area contributed by atoms with Gasteiger partial charge in [-0.2, -0.15) is 4.79 Å². The maximum atomic E-state index is 12.0. The second-order valence-corrected chi connectivity index (χ2v) is 4.36. The van der Waals surface area contributed by atoms with E-state index in [0.29, 0.717) is 11.1 Å². The summed E-state index contributed by atoms with van der Waals surface area (Å²) in [7, 11) is 0. The number of ether oxygens (including phenoxy) is 1. The van der Waals surface area contributed by atoms with Gasteiger partial charge in [0.15, 0.2) is 0 Å². The summed E-state index contributed by atoms with van der Waals surface area (Å²) in [6, 6.07) is 18.1. The number of benzene rings is 2. The van der Waals surface area contributed by atoms with Crippen molar-refractivity contribution in [1.82, 2.24) is 0 Å². The molecule has 0 N–H and O–H groups in total. The van der Waals surface area contributed by atoms with Crippen LogP contribution in [0.25, 0.3) is 11.1 Å². The molecule has 0 radical (unpaired) electrons. The Hall–Kier alpha value is -2.97. The SMILES string of the molecule is C=C(COC(=O)C(=[N+]=[N-])c1ccccc1)c1ccccc1. The van der Waals surface area contributed by atoms with E-state index in [1.54, 1.807) is 30.3 Å². The van der Waals surface area contributed by atoms with Gasteiger partial charge in [0, 0.05) is 0 Å². The first-order chi connectivity index (χ1) is 10.2. The number of nitrogens with zero attached hydrogens (tertiary/aromatic N) is 2. The quantitative estimate of drug-likeness (QED) is 0.365. The molecule has 0 saturated heterocycles. The molecule has 104 valence electrons. The first kappa shape index (κ1) is 14.4. The summed E-state index contributed by atoms with van der Waals surface area (Å²) in [5.41, 5.74) is 10.9. The molecule has 0 fully saturated rings. The summed E-state index contributed by atoms with van der Waals surface area (Å²) >= 11 is 0. The highest BCUT2D eigenvalue weighted by Gasteiger charge is 2.24. The number of carbonyl (C=O) groups is 1. The minimum atomic E-state index is -0.694. The van der Waals surface area contributed by atoms with Crippen molar-refractivity contribution >= 4 is 17.3 Å². The van der Waals surface area contributed by atoms with Crippen LogP contribution in [0.3, 0.4) is 0 Å². The average Bonchev–Trinajstić information content (AvgIpc) is 2.55. The Morgan fingerprint density at radius 3 is 2.05 bits per heavy atom. The minimum absolute atomic E-state index is 0.0364. The number of carbonyl (C=O) groups excluding carboxylic acids is 1. The van der Waals surface area contributed by atoms with Crippen LogP contribution in [-0.4, -0.2) is 23.1 Å². The van der Waals surface area contributed by atoms with Gasteiger partial charge in [-0.05, 0) is 23.3 Å². The first-order valence-corrected chi connectivity index (χ1v) is 6.40. The molecule has 21 heavy (non-hydrogen) atoms. The molecule has 4 nitrogen and oxygen atoms in total. The molecule has 2 aromatic rings. The molecule has 0 spiro atoms. The van der Waals surface area contributed by atoms with Crippen molar-refractivity contribution in [3.8, 4) is 0 Å². The van der Waals surface area contributed by atoms with Crippen molar-refractivity contribution in [2.45, 2.75) is 0 Å². The van der Waals surface area contributed by atoms with Gasteiger partial charge >= 0.3 is 11.7 Å². The average molecular weight is 278 g/mol. The van der Waals surface area contributed by atoms with Gasteiger partial charge in [0.05, 0.1) is 5.56 Å². The van der Waals surface area contributed by atoms with E-state index in [1.165, 1.54) is 0 Å². The number of hydrogen-bond acceptors (Lipinski definition) is 2. The zero-order valence-corrected chi connectivity index (χ0v) is 11.4. The van der Waals surface area contributed by atoms with Crippen LogP contribution in [0.1, 0.15) is 11.1 Å². The van der Waals surface area contributed by atoms with Gasteiger partial charge in [0.25, 0.3) is 0 Å². The van der Waals surface area contributed by atoms with Gasteiger partial charge in [-0.1, -0.05) is 55.1 Å². The van der Waals surface area contributed by atoms with Crippen LogP contribution in [0.5, 0.6) is 0 Å². The van der Waals surface area contributed by atoms with Crippen LogP contribution in [0.15, 0.2) is 67.2 Å². The summed E-state index contributed by atoms with van der Waals surface area (Å²) in [6.45, 7) is 3.91. The number of hydrogen-bond donors (Lipinski definition) is 0. The zero-order chi connectivity index (χ0) is 15.1. The van der Waals surface area contributed by atoms with Gasteiger partial charge in [0.1, 0.15) is 6.61 Å². The van der Waals surface area contributed by atoms with Crippen LogP contribution in [0, 0.1) is 0 Å². The molecular weight excluding hydrogens is 264 g/mol. The van der Waals surface area contributed by atoms with E-state index in [2.05, 4.69) is 11.4 Å². The first-order valence-electron chi connectivity index (χ1n) is 6.40. The monoisotopic (exact) mass is 278 g/mol. The highest BCUT2D eigenvalue weighted by Crippen LogP contribution is 2.12. The Bertz CT molecular complexity index is 687. The van der Waals surface area contributed by atoms with E-state index in [1.807, 2.05) is 30.3 Å². The molecule has 0 bridgehead atoms. The summed E-state index contributed by atoms with van der Waals surface area (Å²) in [5.74, 6) is -0.694. The minimum Gasteiger partial charge on any atom is -0.452 e. The normalized spacial score (nSPS) is 9.52. The molecule has 0 aromatic heterocycles. The van der Waals surface area contributed by atoms with Gasteiger partial charge < -0.3 is 10.3 Å². The largest absolute Gasteiger partial charge is 0.452 e.